The Morgan fingerprint density at radius 1 is 0.446 bits per heavy atom. The predicted molar refractivity (Wildman–Crippen MR) is 248 cm³/mol. The number of aliphatic hydroxyl groups is 2. The highest BCUT2D eigenvalue weighted by Gasteiger charge is 2.17. The molecule has 3 N–H and O–H groups in total. The molecule has 56 heavy (non-hydrogen) atoms. The monoisotopic (exact) mass is 774 g/mol. The average Bonchev–Trinajstić information content (AvgIpc) is 3.20. The molecule has 0 bridgehead atoms. The van der Waals surface area contributed by atoms with Crippen molar-refractivity contribution in [1.29, 1.82) is 0 Å². The largest absolute Gasteiger partial charge is 0.394 e. The number of allylic oxidation sites excluding steroid dienone is 17. The summed E-state index contributed by atoms with van der Waals surface area (Å²) in [5, 5.41) is 23.0. The number of hydrogen-bond donors (Lipinski definition) is 3. The Balaban J connectivity index is 3.68. The fourth-order valence-corrected chi connectivity index (χ4v) is 6.25. The Labute approximate surface area is 346 Å². The molecule has 0 aromatic rings. The minimum absolute atomic E-state index is 0.0848. The van der Waals surface area contributed by atoms with Crippen LogP contribution < -0.4 is 5.32 Å². The van der Waals surface area contributed by atoms with Crippen molar-refractivity contribution in [3.05, 3.63) is 109 Å². The van der Waals surface area contributed by atoms with Gasteiger partial charge in [0.2, 0.25) is 5.91 Å². The molecule has 0 fully saturated rings. The summed E-state index contributed by atoms with van der Waals surface area (Å²) >= 11 is 0. The zero-order valence-electron chi connectivity index (χ0n) is 36.4. The summed E-state index contributed by atoms with van der Waals surface area (Å²) in [6.07, 6.45) is 70.5. The van der Waals surface area contributed by atoms with Crippen molar-refractivity contribution < 1.29 is 15.0 Å². The molecule has 0 spiro atoms. The predicted octanol–water partition coefficient (Wildman–Crippen LogP) is 14.8. The second-order valence-electron chi connectivity index (χ2n) is 15.1. The molecule has 318 valence electrons. The van der Waals surface area contributed by atoms with Gasteiger partial charge in [-0.3, -0.25) is 4.79 Å². The van der Waals surface area contributed by atoms with E-state index >= 15 is 0 Å². The Morgan fingerprint density at radius 2 is 0.786 bits per heavy atom. The Hall–Kier alpha value is -2.95. The second-order valence-corrected chi connectivity index (χ2v) is 15.1. The highest BCUT2D eigenvalue weighted by atomic mass is 16.3. The summed E-state index contributed by atoms with van der Waals surface area (Å²) in [6, 6.07) is -0.637. The molecular formula is C52H87NO3. The van der Waals surface area contributed by atoms with Gasteiger partial charge in [-0.25, -0.2) is 0 Å². The first-order valence-corrected chi connectivity index (χ1v) is 23.1. The molecule has 2 atom stereocenters. The van der Waals surface area contributed by atoms with E-state index < -0.39 is 12.1 Å². The van der Waals surface area contributed by atoms with Crippen LogP contribution in [-0.4, -0.2) is 34.9 Å². The molecule has 0 aliphatic heterocycles. The quantitative estimate of drug-likeness (QED) is 0.0429. The second kappa shape index (κ2) is 46.4. The number of hydrogen-bond acceptors (Lipinski definition) is 3. The average molecular weight is 774 g/mol. The van der Waals surface area contributed by atoms with Crippen molar-refractivity contribution in [3.63, 3.8) is 0 Å². The van der Waals surface area contributed by atoms with Gasteiger partial charge < -0.3 is 15.5 Å². The maximum atomic E-state index is 12.4. The smallest absolute Gasteiger partial charge is 0.220 e. The lowest BCUT2D eigenvalue weighted by Gasteiger charge is -2.20. The molecule has 0 aliphatic rings. The first-order valence-electron chi connectivity index (χ1n) is 23.1. The lowest BCUT2D eigenvalue weighted by Crippen LogP contribution is -2.45. The first kappa shape index (κ1) is 53.0. The zero-order chi connectivity index (χ0) is 40.7. The number of nitrogens with one attached hydrogen (secondary N) is 1. The SMILES string of the molecule is CC/C=C\C/C=C\C/C=C\C/C=C\C/C=C\C/C=C\C/C=C\C/C=C\CCCCCCCCC(=O)NC(CO)C(O)/C=C/CCCCCCCCCCCCC. The molecule has 0 rings (SSSR count). The van der Waals surface area contributed by atoms with Crippen molar-refractivity contribution in [3.8, 4) is 0 Å². The van der Waals surface area contributed by atoms with Gasteiger partial charge in [-0.05, 0) is 83.5 Å². The van der Waals surface area contributed by atoms with Gasteiger partial charge in [0.25, 0.3) is 0 Å². The Morgan fingerprint density at radius 3 is 1.18 bits per heavy atom. The number of rotatable bonds is 40. The normalized spacial score (nSPS) is 14.0. The third-order valence-electron chi connectivity index (χ3n) is 9.76. The Kier molecular flexibility index (Phi) is 44.0. The number of carbonyl (C=O) groups is 1. The van der Waals surface area contributed by atoms with Gasteiger partial charge in [0.05, 0.1) is 18.8 Å². The molecule has 1 amide bonds. The lowest BCUT2D eigenvalue weighted by atomic mass is 10.0. The van der Waals surface area contributed by atoms with Crippen LogP contribution >= 0.6 is 0 Å². The molecule has 0 aromatic carbocycles. The zero-order valence-corrected chi connectivity index (χ0v) is 36.4. The summed E-state index contributed by atoms with van der Waals surface area (Å²) < 4.78 is 0. The van der Waals surface area contributed by atoms with E-state index in [2.05, 4.69) is 116 Å². The van der Waals surface area contributed by atoms with E-state index in [1.54, 1.807) is 6.08 Å². The third kappa shape index (κ3) is 42.2. The standard InChI is InChI=1S/C52H87NO3/c1-3-5-7-9-11-13-15-17-18-19-20-21-22-23-24-25-26-27-28-29-30-31-32-33-34-36-38-40-42-44-46-48-52(56)53-50(49-54)51(55)47-45-43-41-39-37-35-16-14-12-10-8-6-4-2/h5,7,11,13,17-18,20-21,23-24,26-27,29-30,32-33,45,47,50-51,54-55H,3-4,6,8-10,12,14-16,19,22,25,28,31,34-44,46,48-49H2,1-2H3,(H,53,56)/b7-5-,13-11-,18-17-,21-20-,24-23-,27-26-,30-29-,33-32-,47-45+. The molecule has 0 aliphatic carbocycles. The summed E-state index contributed by atoms with van der Waals surface area (Å²) in [5.74, 6) is -0.0848. The van der Waals surface area contributed by atoms with Crippen LogP contribution in [0.4, 0.5) is 0 Å². The fraction of sp³-hybridized carbons (Fsp3) is 0.635. The van der Waals surface area contributed by atoms with Crippen LogP contribution in [0.5, 0.6) is 0 Å². The molecule has 0 radical (unpaired) electrons. The minimum atomic E-state index is -0.852. The van der Waals surface area contributed by atoms with Gasteiger partial charge in [-0.15, -0.1) is 0 Å². The van der Waals surface area contributed by atoms with Gasteiger partial charge in [-0.2, -0.15) is 0 Å². The van der Waals surface area contributed by atoms with Gasteiger partial charge >= 0.3 is 0 Å². The van der Waals surface area contributed by atoms with Crippen molar-refractivity contribution in [1.82, 2.24) is 5.32 Å². The third-order valence-corrected chi connectivity index (χ3v) is 9.76. The summed E-state index contributed by atoms with van der Waals surface area (Å²) in [6.45, 7) is 4.17. The van der Waals surface area contributed by atoms with E-state index in [1.807, 2.05) is 6.08 Å². The van der Waals surface area contributed by atoms with E-state index in [9.17, 15) is 15.0 Å². The van der Waals surface area contributed by atoms with Gasteiger partial charge in [0, 0.05) is 6.42 Å². The molecular weight excluding hydrogens is 687 g/mol. The highest BCUT2D eigenvalue weighted by molar-refractivity contribution is 5.76. The van der Waals surface area contributed by atoms with Crippen LogP contribution in [0.1, 0.15) is 194 Å². The Bertz CT molecular complexity index is 1110. The van der Waals surface area contributed by atoms with Crippen LogP contribution in [0.25, 0.3) is 0 Å². The van der Waals surface area contributed by atoms with Crippen LogP contribution in [0.3, 0.4) is 0 Å². The molecule has 4 nitrogen and oxygen atoms in total. The summed E-state index contributed by atoms with van der Waals surface area (Å²) in [7, 11) is 0. The van der Waals surface area contributed by atoms with E-state index in [0.717, 1.165) is 89.9 Å². The molecule has 0 aromatic heterocycles. The lowest BCUT2D eigenvalue weighted by molar-refractivity contribution is -0.123. The van der Waals surface area contributed by atoms with Crippen LogP contribution in [0.15, 0.2) is 109 Å². The number of unbranched alkanes of at least 4 members (excludes halogenated alkanes) is 17. The summed E-state index contributed by atoms with van der Waals surface area (Å²) in [5.41, 5.74) is 0. The number of carbonyl (C=O) groups excluding carboxylic acids is 1. The number of amides is 1. The van der Waals surface area contributed by atoms with E-state index in [4.69, 9.17) is 0 Å². The molecule has 2 unspecified atom stereocenters. The van der Waals surface area contributed by atoms with Crippen LogP contribution in [-0.2, 0) is 4.79 Å². The van der Waals surface area contributed by atoms with Crippen LogP contribution in [0.2, 0.25) is 0 Å². The minimum Gasteiger partial charge on any atom is -0.394 e. The molecule has 0 heterocycles. The fourth-order valence-electron chi connectivity index (χ4n) is 6.25. The molecule has 0 saturated carbocycles. The van der Waals surface area contributed by atoms with E-state index in [0.29, 0.717) is 6.42 Å². The van der Waals surface area contributed by atoms with Gasteiger partial charge in [0.15, 0.2) is 0 Å². The maximum absolute atomic E-state index is 12.4. The first-order chi connectivity index (χ1) is 27.7. The van der Waals surface area contributed by atoms with Crippen molar-refractivity contribution in [2.75, 3.05) is 6.61 Å². The van der Waals surface area contributed by atoms with Crippen molar-refractivity contribution in [2.24, 2.45) is 0 Å². The van der Waals surface area contributed by atoms with E-state index in [1.165, 1.54) is 83.5 Å². The number of aliphatic hydroxyl groups excluding tert-OH is 2. The van der Waals surface area contributed by atoms with Crippen molar-refractivity contribution in [2.45, 2.75) is 206 Å². The van der Waals surface area contributed by atoms with Gasteiger partial charge in [0.1, 0.15) is 0 Å². The summed E-state index contributed by atoms with van der Waals surface area (Å²) in [4.78, 5) is 12.4. The molecule has 0 saturated heterocycles. The van der Waals surface area contributed by atoms with E-state index in [-0.39, 0.29) is 12.5 Å². The highest BCUT2D eigenvalue weighted by Crippen LogP contribution is 2.13. The van der Waals surface area contributed by atoms with Gasteiger partial charge in [-0.1, -0.05) is 213 Å². The van der Waals surface area contributed by atoms with Crippen molar-refractivity contribution >= 4 is 5.91 Å². The maximum Gasteiger partial charge on any atom is 0.220 e. The topological polar surface area (TPSA) is 69.6 Å². The molecule has 4 heteroatoms. The van der Waals surface area contributed by atoms with Crippen LogP contribution in [0, 0.1) is 0 Å².